The number of rotatable bonds is 3. The van der Waals surface area contributed by atoms with E-state index in [1.165, 1.54) is 0 Å². The number of urea groups is 1. The molecule has 2 N–H and O–H groups in total. The van der Waals surface area contributed by atoms with Gasteiger partial charge in [-0.1, -0.05) is 24.3 Å². The van der Waals surface area contributed by atoms with E-state index in [0.717, 1.165) is 11.4 Å². The third-order valence-electron chi connectivity index (χ3n) is 3.04. The van der Waals surface area contributed by atoms with Gasteiger partial charge in [0.15, 0.2) is 5.16 Å². The van der Waals surface area contributed by atoms with Crippen LogP contribution in [-0.2, 0) is 0 Å². The highest BCUT2D eigenvalue weighted by Crippen LogP contribution is 2.18. The minimum Gasteiger partial charge on any atom is -0.308 e. The van der Waals surface area contributed by atoms with E-state index in [-0.39, 0.29) is 6.03 Å². The third-order valence-corrected chi connectivity index (χ3v) is 3.37. The van der Waals surface area contributed by atoms with Crippen LogP contribution in [0.25, 0.3) is 5.69 Å². The molecule has 0 atom stereocenters. The van der Waals surface area contributed by atoms with Crippen LogP contribution in [0.3, 0.4) is 0 Å². The first kappa shape index (κ1) is 14.2. The Morgan fingerprint density at radius 1 is 1.00 bits per heavy atom. The lowest BCUT2D eigenvalue weighted by Gasteiger charge is -2.10. The molecular weight excluding hydrogens is 296 g/mol. The number of aromatic nitrogens is 2. The number of hydrogen-bond donors (Lipinski definition) is 3. The summed E-state index contributed by atoms with van der Waals surface area (Å²) in [4.78, 5) is 16.1. The Labute approximate surface area is 133 Å². The Bertz CT molecular complexity index is 786. The van der Waals surface area contributed by atoms with Gasteiger partial charge in [0, 0.05) is 29.5 Å². The van der Waals surface area contributed by atoms with Crippen molar-refractivity contribution in [2.75, 3.05) is 10.6 Å². The van der Waals surface area contributed by atoms with Crippen molar-refractivity contribution in [3.05, 3.63) is 67.0 Å². The summed E-state index contributed by atoms with van der Waals surface area (Å²) >= 11 is 4.28. The second-order valence-corrected chi connectivity index (χ2v) is 4.99. The summed E-state index contributed by atoms with van der Waals surface area (Å²) in [6.45, 7) is 0. The number of anilines is 2. The molecule has 5 nitrogen and oxygen atoms in total. The maximum Gasteiger partial charge on any atom is 0.323 e. The summed E-state index contributed by atoms with van der Waals surface area (Å²) in [5.41, 5.74) is 2.30. The van der Waals surface area contributed by atoms with Crippen LogP contribution in [-0.4, -0.2) is 15.6 Å². The van der Waals surface area contributed by atoms with Crippen LogP contribution in [0.2, 0.25) is 0 Å². The molecule has 0 aliphatic heterocycles. The van der Waals surface area contributed by atoms with Gasteiger partial charge in [0.05, 0.1) is 0 Å². The maximum atomic E-state index is 12.0. The molecule has 1 heterocycles. The molecule has 0 spiro atoms. The molecule has 0 saturated carbocycles. The Morgan fingerprint density at radius 2 is 1.73 bits per heavy atom. The first-order valence-electron chi connectivity index (χ1n) is 6.68. The minimum atomic E-state index is -0.292. The second-order valence-electron chi connectivity index (χ2n) is 4.59. The van der Waals surface area contributed by atoms with E-state index in [9.17, 15) is 4.79 Å². The molecule has 110 valence electrons. The molecule has 0 aliphatic carbocycles. The van der Waals surface area contributed by atoms with Gasteiger partial charge in [0.1, 0.15) is 0 Å². The van der Waals surface area contributed by atoms with Gasteiger partial charge in [-0.2, -0.15) is 0 Å². The molecule has 0 unspecified atom stereocenters. The fourth-order valence-corrected chi connectivity index (χ4v) is 2.29. The SMILES string of the molecule is O=C(Nc1ccccc1)Nc1cccc(-n2ccnc2S)c1. The van der Waals surface area contributed by atoms with Crippen molar-refractivity contribution in [2.45, 2.75) is 5.16 Å². The van der Waals surface area contributed by atoms with E-state index in [2.05, 4.69) is 28.2 Å². The highest BCUT2D eigenvalue weighted by Gasteiger charge is 2.05. The van der Waals surface area contributed by atoms with Gasteiger partial charge in [-0.05, 0) is 30.3 Å². The second kappa shape index (κ2) is 6.36. The zero-order valence-corrected chi connectivity index (χ0v) is 12.5. The van der Waals surface area contributed by atoms with Gasteiger partial charge in [-0.3, -0.25) is 4.57 Å². The molecule has 2 aromatic carbocycles. The first-order chi connectivity index (χ1) is 10.7. The van der Waals surface area contributed by atoms with E-state index in [0.29, 0.717) is 10.8 Å². The number of imidazole rings is 1. The van der Waals surface area contributed by atoms with Crippen LogP contribution < -0.4 is 10.6 Å². The van der Waals surface area contributed by atoms with E-state index in [4.69, 9.17) is 0 Å². The monoisotopic (exact) mass is 310 g/mol. The van der Waals surface area contributed by atoms with Crippen molar-refractivity contribution in [3.8, 4) is 5.69 Å². The molecule has 22 heavy (non-hydrogen) atoms. The van der Waals surface area contributed by atoms with Gasteiger partial charge < -0.3 is 10.6 Å². The standard InChI is InChI=1S/C16H14N4OS/c21-15(18-12-5-2-1-3-6-12)19-13-7-4-8-14(11-13)20-10-9-17-16(20)22/h1-11H,(H,17,22)(H2,18,19,21). The van der Waals surface area contributed by atoms with E-state index < -0.39 is 0 Å². The Balaban J connectivity index is 1.73. The number of amides is 2. The average Bonchev–Trinajstić information content (AvgIpc) is 2.94. The van der Waals surface area contributed by atoms with Crippen LogP contribution in [0.15, 0.2) is 72.1 Å². The van der Waals surface area contributed by atoms with E-state index >= 15 is 0 Å². The molecule has 2 amide bonds. The largest absolute Gasteiger partial charge is 0.323 e. The van der Waals surface area contributed by atoms with Gasteiger partial charge in [0.2, 0.25) is 0 Å². The number of carbonyl (C=O) groups excluding carboxylic acids is 1. The average molecular weight is 310 g/mol. The molecule has 0 radical (unpaired) electrons. The highest BCUT2D eigenvalue weighted by molar-refractivity contribution is 7.80. The fraction of sp³-hybridized carbons (Fsp3) is 0. The smallest absolute Gasteiger partial charge is 0.308 e. The van der Waals surface area contributed by atoms with Crippen molar-refractivity contribution >= 4 is 30.0 Å². The van der Waals surface area contributed by atoms with Gasteiger partial charge >= 0.3 is 6.03 Å². The highest BCUT2D eigenvalue weighted by atomic mass is 32.1. The van der Waals surface area contributed by atoms with E-state index in [1.54, 1.807) is 6.20 Å². The summed E-state index contributed by atoms with van der Waals surface area (Å²) in [5.74, 6) is 0. The molecule has 3 rings (SSSR count). The maximum absolute atomic E-state index is 12.0. The van der Waals surface area contributed by atoms with Crippen molar-refractivity contribution in [2.24, 2.45) is 0 Å². The number of carbonyl (C=O) groups is 1. The van der Waals surface area contributed by atoms with Gasteiger partial charge in [-0.25, -0.2) is 9.78 Å². The lowest BCUT2D eigenvalue weighted by molar-refractivity contribution is 0.262. The van der Waals surface area contributed by atoms with Gasteiger partial charge in [-0.15, -0.1) is 12.6 Å². The number of para-hydroxylation sites is 1. The normalized spacial score (nSPS) is 10.2. The summed E-state index contributed by atoms with van der Waals surface area (Å²) in [5, 5.41) is 6.16. The Morgan fingerprint density at radius 3 is 2.45 bits per heavy atom. The van der Waals surface area contributed by atoms with Crippen LogP contribution in [0.5, 0.6) is 0 Å². The molecule has 0 fully saturated rings. The summed E-state index contributed by atoms with van der Waals surface area (Å²) < 4.78 is 1.82. The van der Waals surface area contributed by atoms with Crippen molar-refractivity contribution in [3.63, 3.8) is 0 Å². The molecule has 0 saturated heterocycles. The van der Waals surface area contributed by atoms with Crippen LogP contribution in [0.1, 0.15) is 0 Å². The molecule has 0 bridgehead atoms. The summed E-state index contributed by atoms with van der Waals surface area (Å²) in [6.07, 6.45) is 3.48. The predicted molar refractivity (Wildman–Crippen MR) is 89.9 cm³/mol. The zero-order chi connectivity index (χ0) is 15.4. The number of benzene rings is 2. The number of nitrogens with one attached hydrogen (secondary N) is 2. The molecular formula is C16H14N4OS. The molecule has 0 aliphatic rings. The van der Waals surface area contributed by atoms with Crippen LogP contribution >= 0.6 is 12.6 Å². The summed E-state index contributed by atoms with van der Waals surface area (Å²) in [6, 6.07) is 16.4. The number of hydrogen-bond acceptors (Lipinski definition) is 3. The lowest BCUT2D eigenvalue weighted by Crippen LogP contribution is -2.19. The van der Waals surface area contributed by atoms with Crippen molar-refractivity contribution in [1.82, 2.24) is 9.55 Å². The predicted octanol–water partition coefficient (Wildman–Crippen LogP) is 3.81. The lowest BCUT2D eigenvalue weighted by atomic mass is 10.2. The Kier molecular flexibility index (Phi) is 4.11. The topological polar surface area (TPSA) is 59.0 Å². The van der Waals surface area contributed by atoms with Crippen molar-refractivity contribution < 1.29 is 4.79 Å². The van der Waals surface area contributed by atoms with Gasteiger partial charge in [0.25, 0.3) is 0 Å². The fourth-order valence-electron chi connectivity index (χ4n) is 2.05. The number of nitrogens with zero attached hydrogens (tertiary/aromatic N) is 2. The first-order valence-corrected chi connectivity index (χ1v) is 7.13. The number of thiol groups is 1. The van der Waals surface area contributed by atoms with E-state index in [1.807, 2.05) is 65.4 Å². The quantitative estimate of drug-likeness (QED) is 0.644. The third kappa shape index (κ3) is 3.29. The summed E-state index contributed by atoms with van der Waals surface area (Å²) in [7, 11) is 0. The van der Waals surface area contributed by atoms with Crippen molar-refractivity contribution in [1.29, 1.82) is 0 Å². The molecule has 1 aromatic heterocycles. The molecule has 6 heteroatoms. The molecule has 3 aromatic rings. The van der Waals surface area contributed by atoms with Crippen LogP contribution in [0.4, 0.5) is 16.2 Å². The Hall–Kier alpha value is -2.73. The minimum absolute atomic E-state index is 0.292. The van der Waals surface area contributed by atoms with Crippen LogP contribution in [0, 0.1) is 0 Å². The zero-order valence-electron chi connectivity index (χ0n) is 11.6.